The second-order valence-corrected chi connectivity index (χ2v) is 8.82. The summed E-state index contributed by atoms with van der Waals surface area (Å²) in [7, 11) is 0. The quantitative estimate of drug-likeness (QED) is 0.624. The fraction of sp³-hybridized carbons (Fsp3) is 0.400. The number of aromatic nitrogens is 1. The SMILES string of the molecule is N[C@H]1C[C@H](C(=O)N2CCC(c3c(-c4ccccc4)[nH]c4ccccc34)CC2)C[C@@H]1O. The summed E-state index contributed by atoms with van der Waals surface area (Å²) in [5.41, 5.74) is 10.9. The van der Waals surface area contributed by atoms with Crippen molar-refractivity contribution in [3.05, 3.63) is 60.2 Å². The third kappa shape index (κ3) is 3.42. The lowest BCUT2D eigenvalue weighted by molar-refractivity contribution is -0.136. The highest BCUT2D eigenvalue weighted by Gasteiger charge is 2.38. The standard InChI is InChI=1S/C25H29N3O2/c26-20-14-18(15-22(20)29)25(30)28-12-10-16(11-13-28)23-19-8-4-5-9-21(19)27-24(23)17-6-2-1-3-7-17/h1-9,16,18,20,22,27,29H,10-15,26H2/t18-,20-,22-/m0/s1. The number of carbonyl (C=O) groups is 1. The monoisotopic (exact) mass is 403 g/mol. The number of para-hydroxylation sites is 1. The third-order valence-electron chi connectivity index (χ3n) is 6.95. The number of nitrogens with two attached hydrogens (primary N) is 1. The molecule has 2 aromatic carbocycles. The van der Waals surface area contributed by atoms with Crippen LogP contribution in [0.4, 0.5) is 0 Å². The van der Waals surface area contributed by atoms with Crippen LogP contribution in [0.5, 0.6) is 0 Å². The molecule has 0 radical (unpaired) electrons. The maximum Gasteiger partial charge on any atom is 0.225 e. The Balaban J connectivity index is 1.38. The van der Waals surface area contributed by atoms with Gasteiger partial charge in [-0.1, -0.05) is 48.5 Å². The number of hydrogen-bond acceptors (Lipinski definition) is 3. The number of fused-ring (bicyclic) bond motifs is 1. The number of carbonyl (C=O) groups excluding carboxylic acids is 1. The number of nitrogens with one attached hydrogen (secondary N) is 1. The van der Waals surface area contributed by atoms with Crippen molar-refractivity contribution < 1.29 is 9.90 Å². The molecule has 3 aromatic rings. The highest BCUT2D eigenvalue weighted by atomic mass is 16.3. The predicted molar refractivity (Wildman–Crippen MR) is 119 cm³/mol. The van der Waals surface area contributed by atoms with Gasteiger partial charge < -0.3 is 20.7 Å². The first kappa shape index (κ1) is 19.3. The summed E-state index contributed by atoms with van der Waals surface area (Å²) in [5, 5.41) is 11.2. The van der Waals surface area contributed by atoms with Crippen LogP contribution in [0, 0.1) is 5.92 Å². The van der Waals surface area contributed by atoms with Crippen LogP contribution >= 0.6 is 0 Å². The van der Waals surface area contributed by atoms with Gasteiger partial charge in [-0.15, -0.1) is 0 Å². The molecule has 1 aromatic heterocycles. The fourth-order valence-electron chi connectivity index (χ4n) is 5.32. The van der Waals surface area contributed by atoms with Gasteiger partial charge in [0.15, 0.2) is 0 Å². The first-order valence-corrected chi connectivity index (χ1v) is 11.0. The normalized spacial score (nSPS) is 25.1. The molecule has 4 N–H and O–H groups in total. The zero-order valence-electron chi connectivity index (χ0n) is 17.1. The molecule has 0 unspecified atom stereocenters. The number of nitrogens with zero attached hydrogens (tertiary/aromatic N) is 1. The van der Waals surface area contributed by atoms with Gasteiger partial charge in [-0.25, -0.2) is 0 Å². The average molecular weight is 404 g/mol. The minimum atomic E-state index is -0.545. The molecule has 1 saturated carbocycles. The van der Waals surface area contributed by atoms with E-state index < -0.39 is 6.10 Å². The molecular formula is C25H29N3O2. The summed E-state index contributed by atoms with van der Waals surface area (Å²) in [6, 6.07) is 18.7. The number of aliphatic hydroxyl groups is 1. The van der Waals surface area contributed by atoms with Gasteiger partial charge >= 0.3 is 0 Å². The van der Waals surface area contributed by atoms with Crippen molar-refractivity contribution in [2.75, 3.05) is 13.1 Å². The van der Waals surface area contributed by atoms with Gasteiger partial charge in [0.2, 0.25) is 5.91 Å². The Kier molecular flexibility index (Phi) is 5.09. The summed E-state index contributed by atoms with van der Waals surface area (Å²) in [6.45, 7) is 1.53. The zero-order chi connectivity index (χ0) is 20.7. The van der Waals surface area contributed by atoms with Crippen LogP contribution in [-0.4, -0.2) is 46.1 Å². The molecule has 5 nitrogen and oxygen atoms in total. The van der Waals surface area contributed by atoms with Gasteiger partial charge in [0.05, 0.1) is 6.10 Å². The van der Waals surface area contributed by atoms with Crippen molar-refractivity contribution in [2.45, 2.75) is 43.7 Å². The van der Waals surface area contributed by atoms with Crippen LogP contribution in [0.3, 0.4) is 0 Å². The molecular weight excluding hydrogens is 374 g/mol. The molecule has 2 aliphatic rings. The highest BCUT2D eigenvalue weighted by molar-refractivity contribution is 5.91. The molecule has 2 heterocycles. The first-order chi connectivity index (χ1) is 14.6. The summed E-state index contributed by atoms with van der Waals surface area (Å²) in [4.78, 5) is 18.6. The molecule has 1 amide bonds. The lowest BCUT2D eigenvalue weighted by Gasteiger charge is -2.34. The lowest BCUT2D eigenvalue weighted by atomic mass is 9.85. The molecule has 3 atom stereocenters. The zero-order valence-corrected chi connectivity index (χ0v) is 17.1. The van der Waals surface area contributed by atoms with E-state index in [-0.39, 0.29) is 17.9 Å². The van der Waals surface area contributed by atoms with E-state index in [1.165, 1.54) is 27.7 Å². The van der Waals surface area contributed by atoms with E-state index >= 15 is 0 Å². The molecule has 1 aliphatic carbocycles. The number of likely N-dealkylation sites (tertiary alicyclic amines) is 1. The van der Waals surface area contributed by atoms with Crippen molar-refractivity contribution >= 4 is 16.8 Å². The summed E-state index contributed by atoms with van der Waals surface area (Å²) in [5.74, 6) is 0.457. The van der Waals surface area contributed by atoms with Gasteiger partial charge in [0.25, 0.3) is 0 Å². The van der Waals surface area contributed by atoms with Crippen molar-refractivity contribution in [3.63, 3.8) is 0 Å². The van der Waals surface area contributed by atoms with Crippen LogP contribution < -0.4 is 5.73 Å². The van der Waals surface area contributed by atoms with Crippen molar-refractivity contribution in [3.8, 4) is 11.3 Å². The van der Waals surface area contributed by atoms with Crippen LogP contribution in [0.1, 0.15) is 37.2 Å². The van der Waals surface area contributed by atoms with E-state index in [0.717, 1.165) is 25.9 Å². The molecule has 1 saturated heterocycles. The van der Waals surface area contributed by atoms with E-state index in [2.05, 4.69) is 53.5 Å². The van der Waals surface area contributed by atoms with Gasteiger partial charge in [-0.2, -0.15) is 0 Å². The van der Waals surface area contributed by atoms with Gasteiger partial charge in [0, 0.05) is 41.6 Å². The number of amides is 1. The maximum absolute atomic E-state index is 12.9. The van der Waals surface area contributed by atoms with E-state index in [1.54, 1.807) is 0 Å². The van der Waals surface area contributed by atoms with E-state index in [0.29, 0.717) is 18.8 Å². The van der Waals surface area contributed by atoms with Gasteiger partial charge in [-0.3, -0.25) is 4.79 Å². The third-order valence-corrected chi connectivity index (χ3v) is 6.95. The minimum Gasteiger partial charge on any atom is -0.391 e. The molecule has 5 rings (SSSR count). The number of piperidine rings is 1. The van der Waals surface area contributed by atoms with Crippen LogP contribution in [0.15, 0.2) is 54.6 Å². The average Bonchev–Trinajstić information content (AvgIpc) is 3.34. The van der Waals surface area contributed by atoms with Crippen molar-refractivity contribution in [2.24, 2.45) is 11.7 Å². The number of H-pyrrole nitrogens is 1. The van der Waals surface area contributed by atoms with E-state index in [9.17, 15) is 9.90 Å². The van der Waals surface area contributed by atoms with E-state index in [4.69, 9.17) is 5.73 Å². The summed E-state index contributed by atoms with van der Waals surface area (Å²) < 4.78 is 0. The summed E-state index contributed by atoms with van der Waals surface area (Å²) >= 11 is 0. The molecule has 30 heavy (non-hydrogen) atoms. The largest absolute Gasteiger partial charge is 0.391 e. The molecule has 5 heteroatoms. The lowest BCUT2D eigenvalue weighted by Crippen LogP contribution is -2.41. The van der Waals surface area contributed by atoms with Crippen molar-refractivity contribution in [1.82, 2.24) is 9.88 Å². The number of hydrogen-bond donors (Lipinski definition) is 3. The molecule has 1 aliphatic heterocycles. The highest BCUT2D eigenvalue weighted by Crippen LogP contribution is 2.40. The first-order valence-electron chi connectivity index (χ1n) is 11.0. The fourth-order valence-corrected chi connectivity index (χ4v) is 5.32. The second kappa shape index (κ2) is 7.89. The number of aromatic amines is 1. The predicted octanol–water partition coefficient (Wildman–Crippen LogP) is 3.64. The number of aliphatic hydroxyl groups excluding tert-OH is 1. The number of rotatable bonds is 3. The van der Waals surface area contributed by atoms with Gasteiger partial charge in [-0.05, 0) is 48.8 Å². The Hall–Kier alpha value is -2.63. The topological polar surface area (TPSA) is 82.4 Å². The molecule has 2 fully saturated rings. The van der Waals surface area contributed by atoms with Crippen LogP contribution in [0.2, 0.25) is 0 Å². The Labute approximate surface area is 176 Å². The Morgan fingerprint density at radius 2 is 1.70 bits per heavy atom. The molecule has 0 spiro atoms. The van der Waals surface area contributed by atoms with Crippen LogP contribution in [-0.2, 0) is 4.79 Å². The molecule has 156 valence electrons. The van der Waals surface area contributed by atoms with Crippen molar-refractivity contribution in [1.29, 1.82) is 0 Å². The maximum atomic E-state index is 12.9. The van der Waals surface area contributed by atoms with E-state index in [1.807, 2.05) is 11.0 Å². The molecule has 0 bridgehead atoms. The number of benzene rings is 2. The van der Waals surface area contributed by atoms with Gasteiger partial charge in [0.1, 0.15) is 0 Å². The summed E-state index contributed by atoms with van der Waals surface area (Å²) in [6.07, 6.45) is 2.46. The Bertz CT molecular complexity index is 1030. The Morgan fingerprint density at radius 3 is 2.40 bits per heavy atom. The Morgan fingerprint density at radius 1 is 1.00 bits per heavy atom. The second-order valence-electron chi connectivity index (χ2n) is 8.82. The smallest absolute Gasteiger partial charge is 0.225 e. The van der Waals surface area contributed by atoms with Crippen LogP contribution in [0.25, 0.3) is 22.2 Å². The minimum absolute atomic E-state index is 0.125.